The van der Waals surface area contributed by atoms with Gasteiger partial charge >= 0.3 is 0 Å². The Balaban J connectivity index is 1.67. The summed E-state index contributed by atoms with van der Waals surface area (Å²) in [5, 5.41) is 13.3. The first-order chi connectivity index (χ1) is 11.5. The zero-order valence-corrected chi connectivity index (χ0v) is 15.7. The summed E-state index contributed by atoms with van der Waals surface area (Å²) < 4.78 is 0. The van der Waals surface area contributed by atoms with Crippen LogP contribution in [0.15, 0.2) is 0 Å². The van der Waals surface area contributed by atoms with Crippen molar-refractivity contribution >= 4 is 22.2 Å². The number of piperidine rings is 1. The Bertz CT molecular complexity index is 650. The number of carbonyl (C=O) groups excluding carboxylic acids is 1. The van der Waals surface area contributed by atoms with Crippen LogP contribution in [0.4, 0.5) is 5.00 Å². The van der Waals surface area contributed by atoms with Gasteiger partial charge in [-0.1, -0.05) is 20.8 Å². The molecule has 1 aromatic rings. The Morgan fingerprint density at radius 3 is 2.67 bits per heavy atom. The van der Waals surface area contributed by atoms with Gasteiger partial charge in [0.1, 0.15) is 11.1 Å². The van der Waals surface area contributed by atoms with Crippen molar-refractivity contribution in [3.8, 4) is 6.07 Å². The third-order valence-corrected chi connectivity index (χ3v) is 6.36. The average Bonchev–Trinajstić information content (AvgIpc) is 2.81. The van der Waals surface area contributed by atoms with E-state index < -0.39 is 0 Å². The predicted octanol–water partition coefficient (Wildman–Crippen LogP) is 3.66. The van der Waals surface area contributed by atoms with E-state index in [4.69, 9.17) is 0 Å². The van der Waals surface area contributed by atoms with Gasteiger partial charge in [0.25, 0.3) is 0 Å². The number of hydrogen-bond donors (Lipinski definition) is 1. The lowest BCUT2D eigenvalue weighted by atomic mass is 9.88. The van der Waals surface area contributed by atoms with Crippen molar-refractivity contribution in [3.05, 3.63) is 16.0 Å². The quantitative estimate of drug-likeness (QED) is 0.909. The first-order valence-electron chi connectivity index (χ1n) is 9.03. The summed E-state index contributed by atoms with van der Waals surface area (Å²) in [7, 11) is 0. The molecule has 0 aromatic carbocycles. The number of nitrogens with one attached hydrogen (secondary N) is 1. The van der Waals surface area contributed by atoms with Crippen molar-refractivity contribution in [1.82, 2.24) is 4.90 Å². The van der Waals surface area contributed by atoms with Gasteiger partial charge in [0.05, 0.1) is 12.1 Å². The van der Waals surface area contributed by atoms with Crippen LogP contribution in [0.2, 0.25) is 0 Å². The van der Waals surface area contributed by atoms with Crippen LogP contribution in [0.5, 0.6) is 0 Å². The van der Waals surface area contributed by atoms with E-state index in [2.05, 4.69) is 37.1 Å². The van der Waals surface area contributed by atoms with Crippen LogP contribution >= 0.6 is 11.3 Å². The molecule has 24 heavy (non-hydrogen) atoms. The molecule has 0 bridgehead atoms. The molecule has 130 valence electrons. The normalized spacial score (nSPS) is 27.3. The predicted molar refractivity (Wildman–Crippen MR) is 98.2 cm³/mol. The van der Waals surface area contributed by atoms with Crippen LogP contribution in [-0.2, 0) is 17.6 Å². The van der Waals surface area contributed by atoms with Crippen LogP contribution in [-0.4, -0.2) is 30.4 Å². The molecule has 1 saturated heterocycles. The number of hydrogen-bond acceptors (Lipinski definition) is 4. The van der Waals surface area contributed by atoms with Gasteiger partial charge in [-0.15, -0.1) is 11.3 Å². The lowest BCUT2D eigenvalue weighted by Gasteiger charge is -2.34. The van der Waals surface area contributed by atoms with Crippen molar-refractivity contribution in [1.29, 1.82) is 5.26 Å². The summed E-state index contributed by atoms with van der Waals surface area (Å²) in [6, 6.07) is 2.32. The van der Waals surface area contributed by atoms with Crippen LogP contribution < -0.4 is 5.32 Å². The molecule has 2 aliphatic rings. The number of fused-ring (bicyclic) bond motifs is 1. The van der Waals surface area contributed by atoms with Gasteiger partial charge in [0.2, 0.25) is 5.91 Å². The highest BCUT2D eigenvalue weighted by molar-refractivity contribution is 7.16. The summed E-state index contributed by atoms with van der Waals surface area (Å²) >= 11 is 1.61. The summed E-state index contributed by atoms with van der Waals surface area (Å²) in [6.07, 6.45) is 4.38. The largest absolute Gasteiger partial charge is 0.315 e. The highest BCUT2D eigenvalue weighted by atomic mass is 32.1. The lowest BCUT2D eigenvalue weighted by Crippen LogP contribution is -2.42. The van der Waals surface area contributed by atoms with Gasteiger partial charge in [-0.3, -0.25) is 9.69 Å². The van der Waals surface area contributed by atoms with Crippen molar-refractivity contribution in [3.63, 3.8) is 0 Å². The molecule has 1 amide bonds. The molecule has 1 fully saturated rings. The fourth-order valence-corrected chi connectivity index (χ4v) is 5.62. The second kappa shape index (κ2) is 7.25. The molecule has 1 aliphatic heterocycles. The number of rotatable bonds is 3. The minimum atomic E-state index is 0.0134. The molecule has 0 spiro atoms. The molecule has 3 rings (SSSR count). The monoisotopic (exact) mass is 345 g/mol. The van der Waals surface area contributed by atoms with E-state index in [1.807, 2.05) is 0 Å². The van der Waals surface area contributed by atoms with E-state index in [0.29, 0.717) is 29.9 Å². The Morgan fingerprint density at radius 1 is 1.29 bits per heavy atom. The minimum absolute atomic E-state index is 0.0134. The molecule has 0 saturated carbocycles. The van der Waals surface area contributed by atoms with Gasteiger partial charge < -0.3 is 5.32 Å². The van der Waals surface area contributed by atoms with Crippen molar-refractivity contribution in [2.24, 2.45) is 17.8 Å². The number of nitriles is 1. The zero-order chi connectivity index (χ0) is 17.3. The maximum atomic E-state index is 12.5. The molecule has 5 heteroatoms. The highest BCUT2D eigenvalue weighted by Gasteiger charge is 2.26. The summed E-state index contributed by atoms with van der Waals surface area (Å²) in [4.78, 5) is 16.0. The van der Waals surface area contributed by atoms with E-state index in [1.54, 1.807) is 11.3 Å². The topological polar surface area (TPSA) is 56.1 Å². The van der Waals surface area contributed by atoms with Gasteiger partial charge in [-0.2, -0.15) is 5.26 Å². The van der Waals surface area contributed by atoms with Crippen molar-refractivity contribution in [2.75, 3.05) is 25.0 Å². The lowest BCUT2D eigenvalue weighted by molar-refractivity contribution is -0.117. The standard InChI is InChI=1S/C19H27N3OS/c1-12-4-5-15-16(8-20)19(24-17(15)7-12)21-18(23)11-22-9-13(2)6-14(3)10-22/h12-14H,4-7,9-11H2,1-3H3,(H,21,23). The van der Waals surface area contributed by atoms with E-state index in [1.165, 1.54) is 16.9 Å². The van der Waals surface area contributed by atoms with Gasteiger partial charge in [-0.05, 0) is 49.0 Å². The fraction of sp³-hybridized carbons (Fsp3) is 0.684. The van der Waals surface area contributed by atoms with Crippen LogP contribution in [0.3, 0.4) is 0 Å². The maximum Gasteiger partial charge on any atom is 0.239 e. The van der Waals surface area contributed by atoms with E-state index in [0.717, 1.165) is 37.4 Å². The highest BCUT2D eigenvalue weighted by Crippen LogP contribution is 2.39. The Labute approximate surface area is 148 Å². The van der Waals surface area contributed by atoms with Crippen molar-refractivity contribution in [2.45, 2.75) is 46.5 Å². The second-order valence-corrected chi connectivity index (χ2v) is 8.96. The van der Waals surface area contributed by atoms with Crippen molar-refractivity contribution < 1.29 is 4.79 Å². The van der Waals surface area contributed by atoms with Gasteiger partial charge in [-0.25, -0.2) is 0 Å². The Hall–Kier alpha value is -1.38. The van der Waals surface area contributed by atoms with E-state index in [-0.39, 0.29) is 5.91 Å². The second-order valence-electron chi connectivity index (χ2n) is 7.86. The smallest absolute Gasteiger partial charge is 0.239 e. The molecule has 3 unspecified atom stereocenters. The maximum absolute atomic E-state index is 12.5. The molecule has 4 nitrogen and oxygen atoms in total. The third kappa shape index (κ3) is 3.81. The van der Waals surface area contributed by atoms with Crippen LogP contribution in [0.1, 0.15) is 49.6 Å². The summed E-state index contributed by atoms with van der Waals surface area (Å²) in [6.45, 7) is 9.17. The summed E-state index contributed by atoms with van der Waals surface area (Å²) in [5.74, 6) is 1.97. The van der Waals surface area contributed by atoms with Crippen LogP contribution in [0.25, 0.3) is 0 Å². The number of nitrogens with zero attached hydrogens (tertiary/aromatic N) is 2. The molecule has 1 aromatic heterocycles. The van der Waals surface area contributed by atoms with Gasteiger partial charge in [0.15, 0.2) is 0 Å². The average molecular weight is 346 g/mol. The first kappa shape index (κ1) is 17.4. The third-order valence-electron chi connectivity index (χ3n) is 5.19. The molecular weight excluding hydrogens is 318 g/mol. The number of likely N-dealkylation sites (tertiary alicyclic amines) is 1. The number of amides is 1. The Morgan fingerprint density at radius 2 is 2.00 bits per heavy atom. The Kier molecular flexibility index (Phi) is 5.27. The molecule has 0 radical (unpaired) electrons. The van der Waals surface area contributed by atoms with E-state index >= 15 is 0 Å². The number of anilines is 1. The first-order valence-corrected chi connectivity index (χ1v) is 9.84. The van der Waals surface area contributed by atoms with Gasteiger partial charge in [0, 0.05) is 18.0 Å². The zero-order valence-electron chi connectivity index (χ0n) is 14.9. The summed E-state index contributed by atoms with van der Waals surface area (Å²) in [5.41, 5.74) is 1.88. The molecule has 3 atom stereocenters. The fourth-order valence-electron chi connectivity index (χ4n) is 4.25. The van der Waals surface area contributed by atoms with Crippen LogP contribution in [0, 0.1) is 29.1 Å². The molecule has 1 aliphatic carbocycles. The van der Waals surface area contributed by atoms with E-state index in [9.17, 15) is 10.1 Å². The SMILES string of the molecule is CC1CCc2c(sc(NC(=O)CN3CC(C)CC(C)C3)c2C#N)C1. The molecule has 2 heterocycles. The number of carbonyl (C=O) groups is 1. The molecule has 1 N–H and O–H groups in total. The molecular formula is C19H27N3OS. The minimum Gasteiger partial charge on any atom is -0.315 e. The number of thiophene rings is 1.